The Morgan fingerprint density at radius 1 is 1.62 bits per heavy atom. The Bertz CT molecular complexity index is 416. The van der Waals surface area contributed by atoms with Gasteiger partial charge in [-0.15, -0.1) is 0 Å². The number of nitrogens with one attached hydrogen (secondary N) is 1. The number of rotatable bonds is 4. The quantitative estimate of drug-likeness (QED) is 0.726. The van der Waals surface area contributed by atoms with Crippen molar-refractivity contribution in [2.24, 2.45) is 5.73 Å². The van der Waals surface area contributed by atoms with Gasteiger partial charge >= 0.3 is 5.97 Å². The van der Waals surface area contributed by atoms with Crippen LogP contribution in [-0.4, -0.2) is 27.4 Å². The summed E-state index contributed by atoms with van der Waals surface area (Å²) in [7, 11) is 0. The van der Waals surface area contributed by atoms with Crippen molar-refractivity contribution in [3.05, 3.63) is 11.3 Å². The largest absolute Gasteiger partial charge is 0.478 e. The minimum absolute atomic E-state index is 0.0293. The second-order valence-corrected chi connectivity index (χ2v) is 4.05. The van der Waals surface area contributed by atoms with Crippen molar-refractivity contribution in [2.75, 3.05) is 5.32 Å². The summed E-state index contributed by atoms with van der Waals surface area (Å²) in [6.07, 6.45) is 0.492. The van der Waals surface area contributed by atoms with Gasteiger partial charge in [-0.25, -0.2) is 4.79 Å². The molecule has 1 rings (SSSR count). The molecule has 0 aromatic carbocycles. The van der Waals surface area contributed by atoms with E-state index in [4.69, 9.17) is 10.8 Å². The van der Waals surface area contributed by atoms with Crippen LogP contribution >= 0.6 is 11.5 Å². The lowest BCUT2D eigenvalue weighted by Gasteiger charge is -2.08. The average Bonchev–Trinajstić information content (AvgIpc) is 2.58. The number of carboxylic acids is 1. The van der Waals surface area contributed by atoms with Gasteiger partial charge in [0.1, 0.15) is 10.6 Å². The second kappa shape index (κ2) is 5.04. The highest BCUT2D eigenvalue weighted by atomic mass is 32.1. The molecule has 0 aliphatic heterocycles. The fourth-order valence-corrected chi connectivity index (χ4v) is 1.89. The second-order valence-electron chi connectivity index (χ2n) is 3.28. The number of nitrogens with two attached hydrogens (primary N) is 1. The maximum Gasteiger partial charge on any atom is 0.340 e. The molecule has 4 N–H and O–H groups in total. The number of hydrogen-bond donors (Lipinski definition) is 3. The summed E-state index contributed by atoms with van der Waals surface area (Å²) in [4.78, 5) is 22.4. The maximum absolute atomic E-state index is 11.5. The Morgan fingerprint density at radius 2 is 2.25 bits per heavy atom. The number of hydrogen-bond acceptors (Lipinski definition) is 5. The zero-order valence-corrected chi connectivity index (χ0v) is 9.80. The molecule has 0 aliphatic rings. The zero-order chi connectivity index (χ0) is 12.3. The normalized spacial score (nSPS) is 12.2. The van der Waals surface area contributed by atoms with Crippen LogP contribution in [0.15, 0.2) is 0 Å². The SMILES string of the molecule is CCC(N)C(=O)Nc1snc(C)c1C(=O)O. The van der Waals surface area contributed by atoms with Gasteiger partial charge in [0.05, 0.1) is 11.7 Å². The van der Waals surface area contributed by atoms with Gasteiger partial charge in [-0.2, -0.15) is 4.37 Å². The highest BCUT2D eigenvalue weighted by Crippen LogP contribution is 2.24. The van der Waals surface area contributed by atoms with Gasteiger partial charge in [-0.1, -0.05) is 6.92 Å². The van der Waals surface area contributed by atoms with E-state index in [-0.39, 0.29) is 10.6 Å². The molecule has 88 valence electrons. The van der Waals surface area contributed by atoms with Crippen molar-refractivity contribution in [2.45, 2.75) is 26.3 Å². The highest BCUT2D eigenvalue weighted by Gasteiger charge is 2.20. The van der Waals surface area contributed by atoms with E-state index in [1.165, 1.54) is 0 Å². The molecule has 1 aromatic rings. The topological polar surface area (TPSA) is 105 Å². The van der Waals surface area contributed by atoms with E-state index in [2.05, 4.69) is 9.69 Å². The van der Waals surface area contributed by atoms with Crippen LogP contribution in [0.2, 0.25) is 0 Å². The van der Waals surface area contributed by atoms with Gasteiger partial charge in [0, 0.05) is 0 Å². The number of amides is 1. The van der Waals surface area contributed by atoms with Crippen LogP contribution in [0.4, 0.5) is 5.00 Å². The summed E-state index contributed by atoms with van der Waals surface area (Å²) < 4.78 is 3.88. The van der Waals surface area contributed by atoms with Gasteiger partial charge in [0.2, 0.25) is 5.91 Å². The molecule has 16 heavy (non-hydrogen) atoms. The molecule has 6 nitrogen and oxygen atoms in total. The van der Waals surface area contributed by atoms with Gasteiger partial charge < -0.3 is 16.2 Å². The number of aromatic carboxylic acids is 1. The van der Waals surface area contributed by atoms with E-state index in [9.17, 15) is 9.59 Å². The number of carboxylic acid groups (broad SMARTS) is 1. The Balaban J connectivity index is 2.90. The first-order chi connectivity index (χ1) is 7.47. The summed E-state index contributed by atoms with van der Waals surface area (Å²) in [6.45, 7) is 3.36. The number of carbonyl (C=O) groups excluding carboxylic acids is 1. The molecule has 0 bridgehead atoms. The molecule has 0 aliphatic carbocycles. The van der Waals surface area contributed by atoms with Crippen molar-refractivity contribution in [3.8, 4) is 0 Å². The summed E-state index contributed by atoms with van der Waals surface area (Å²) in [5, 5.41) is 11.6. The molecule has 1 atom stereocenters. The van der Waals surface area contributed by atoms with Crippen LogP contribution in [0.1, 0.15) is 29.4 Å². The van der Waals surface area contributed by atoms with Crippen molar-refractivity contribution in [1.82, 2.24) is 4.37 Å². The minimum atomic E-state index is -1.10. The first-order valence-corrected chi connectivity index (χ1v) is 5.50. The molecule has 0 spiro atoms. The van der Waals surface area contributed by atoms with E-state index < -0.39 is 17.9 Å². The Labute approximate surface area is 96.6 Å². The monoisotopic (exact) mass is 243 g/mol. The van der Waals surface area contributed by atoms with Crippen molar-refractivity contribution in [3.63, 3.8) is 0 Å². The van der Waals surface area contributed by atoms with Gasteiger partial charge in [-0.3, -0.25) is 4.79 Å². The molecular formula is C9H13N3O3S. The van der Waals surface area contributed by atoms with Gasteiger partial charge in [-0.05, 0) is 24.9 Å². The predicted octanol–water partition coefficient (Wildman–Crippen LogP) is 0.826. The highest BCUT2D eigenvalue weighted by molar-refractivity contribution is 7.11. The van der Waals surface area contributed by atoms with E-state index >= 15 is 0 Å². The third-order valence-electron chi connectivity index (χ3n) is 2.09. The number of nitrogens with zero attached hydrogens (tertiary/aromatic N) is 1. The van der Waals surface area contributed by atoms with Crippen LogP contribution in [0.5, 0.6) is 0 Å². The van der Waals surface area contributed by atoms with E-state index in [0.29, 0.717) is 12.1 Å². The molecule has 1 aromatic heterocycles. The number of carbonyl (C=O) groups is 2. The van der Waals surface area contributed by atoms with Crippen LogP contribution in [0.25, 0.3) is 0 Å². The smallest absolute Gasteiger partial charge is 0.340 e. The standard InChI is InChI=1S/C9H13N3O3S/c1-3-5(10)7(13)11-8-6(9(14)15)4(2)12-16-8/h5H,3,10H2,1-2H3,(H,11,13)(H,14,15). The molecule has 0 saturated carbocycles. The lowest BCUT2D eigenvalue weighted by atomic mass is 10.2. The molecule has 0 saturated heterocycles. The first kappa shape index (κ1) is 12.6. The summed E-state index contributed by atoms with van der Waals surface area (Å²) in [5.74, 6) is -1.50. The zero-order valence-electron chi connectivity index (χ0n) is 8.98. The predicted molar refractivity (Wildman–Crippen MR) is 60.7 cm³/mol. The fraction of sp³-hybridized carbons (Fsp3) is 0.444. The lowest BCUT2D eigenvalue weighted by molar-refractivity contribution is -0.117. The minimum Gasteiger partial charge on any atom is -0.478 e. The maximum atomic E-state index is 11.5. The summed E-state index contributed by atoms with van der Waals surface area (Å²) >= 11 is 0.942. The van der Waals surface area contributed by atoms with E-state index in [1.54, 1.807) is 13.8 Å². The third-order valence-corrected chi connectivity index (χ3v) is 2.94. The lowest BCUT2D eigenvalue weighted by Crippen LogP contribution is -2.34. The van der Waals surface area contributed by atoms with Crippen LogP contribution < -0.4 is 11.1 Å². The fourth-order valence-electron chi connectivity index (χ4n) is 1.10. The third kappa shape index (κ3) is 2.56. The van der Waals surface area contributed by atoms with E-state index in [1.807, 2.05) is 0 Å². The molecule has 1 amide bonds. The average molecular weight is 243 g/mol. The van der Waals surface area contributed by atoms with Crippen molar-refractivity contribution < 1.29 is 14.7 Å². The Morgan fingerprint density at radius 3 is 2.75 bits per heavy atom. The van der Waals surface area contributed by atoms with Gasteiger partial charge in [0.15, 0.2) is 0 Å². The summed E-state index contributed by atoms with van der Waals surface area (Å²) in [6, 6.07) is -0.635. The Hall–Kier alpha value is -1.47. The molecular weight excluding hydrogens is 230 g/mol. The molecule has 1 unspecified atom stereocenters. The Kier molecular flexibility index (Phi) is 3.97. The molecule has 0 radical (unpaired) electrons. The molecule has 0 fully saturated rings. The van der Waals surface area contributed by atoms with E-state index in [0.717, 1.165) is 11.5 Å². The first-order valence-electron chi connectivity index (χ1n) is 4.73. The van der Waals surface area contributed by atoms with Crippen LogP contribution in [-0.2, 0) is 4.79 Å². The number of aryl methyl sites for hydroxylation is 1. The summed E-state index contributed by atoms with van der Waals surface area (Å²) in [5.41, 5.74) is 5.94. The molecule has 1 heterocycles. The van der Waals surface area contributed by atoms with Crippen LogP contribution in [0.3, 0.4) is 0 Å². The van der Waals surface area contributed by atoms with Gasteiger partial charge in [0.25, 0.3) is 0 Å². The number of anilines is 1. The van der Waals surface area contributed by atoms with Crippen molar-refractivity contribution >= 4 is 28.4 Å². The van der Waals surface area contributed by atoms with Crippen LogP contribution in [0, 0.1) is 6.92 Å². The molecule has 7 heteroatoms. The van der Waals surface area contributed by atoms with Crippen molar-refractivity contribution in [1.29, 1.82) is 0 Å². The number of aromatic nitrogens is 1.